The second-order valence-corrected chi connectivity index (χ2v) is 9.23. The zero-order valence-corrected chi connectivity index (χ0v) is 19.6. The SMILES string of the molecule is COc1ccc(Cl)cc1C(=O)N1CCC(C(=O)NCCCCN2CCCCC2C)CC1. The monoisotopic (exact) mass is 449 g/mol. The van der Waals surface area contributed by atoms with Gasteiger partial charge >= 0.3 is 0 Å². The number of likely N-dealkylation sites (tertiary alicyclic amines) is 2. The van der Waals surface area contributed by atoms with Crippen LogP contribution in [0, 0.1) is 5.92 Å². The quantitative estimate of drug-likeness (QED) is 0.610. The summed E-state index contributed by atoms with van der Waals surface area (Å²) in [7, 11) is 1.55. The summed E-state index contributed by atoms with van der Waals surface area (Å²) in [4.78, 5) is 29.8. The Morgan fingerprint density at radius 2 is 1.90 bits per heavy atom. The summed E-state index contributed by atoms with van der Waals surface area (Å²) in [5.41, 5.74) is 0.473. The van der Waals surface area contributed by atoms with E-state index in [0.717, 1.165) is 25.9 Å². The Balaban J connectivity index is 1.37. The maximum atomic E-state index is 12.9. The highest BCUT2D eigenvalue weighted by Gasteiger charge is 2.29. The third kappa shape index (κ3) is 6.59. The third-order valence-corrected chi connectivity index (χ3v) is 6.89. The highest BCUT2D eigenvalue weighted by molar-refractivity contribution is 6.31. The molecule has 0 aromatic heterocycles. The molecule has 2 aliphatic heterocycles. The van der Waals surface area contributed by atoms with Crippen LogP contribution in [0.2, 0.25) is 5.02 Å². The standard InChI is InChI=1S/C24H36ClN3O3/c1-18-7-3-5-13-27(18)14-6-4-12-26-23(29)19-10-15-28(16-11-19)24(30)21-17-20(25)8-9-22(21)31-2/h8-9,17-19H,3-7,10-16H2,1-2H3,(H,26,29). The van der Waals surface area contributed by atoms with Crippen molar-refractivity contribution in [2.75, 3.05) is 39.8 Å². The first-order valence-electron chi connectivity index (χ1n) is 11.6. The van der Waals surface area contributed by atoms with Crippen LogP contribution in [0.15, 0.2) is 18.2 Å². The molecule has 2 saturated heterocycles. The van der Waals surface area contributed by atoms with Crippen molar-refractivity contribution in [3.05, 3.63) is 28.8 Å². The molecule has 2 fully saturated rings. The smallest absolute Gasteiger partial charge is 0.257 e. The van der Waals surface area contributed by atoms with E-state index in [-0.39, 0.29) is 17.7 Å². The van der Waals surface area contributed by atoms with Gasteiger partial charge in [-0.1, -0.05) is 18.0 Å². The number of ether oxygens (including phenoxy) is 1. The van der Waals surface area contributed by atoms with Gasteiger partial charge in [0.15, 0.2) is 0 Å². The first kappa shape index (κ1) is 23.9. The van der Waals surface area contributed by atoms with Crippen LogP contribution < -0.4 is 10.1 Å². The first-order chi connectivity index (χ1) is 15.0. The molecule has 0 radical (unpaired) electrons. The van der Waals surface area contributed by atoms with Gasteiger partial charge in [-0.2, -0.15) is 0 Å². The minimum atomic E-state index is -0.0925. The molecular formula is C24H36ClN3O3. The van der Waals surface area contributed by atoms with Crippen molar-refractivity contribution in [1.82, 2.24) is 15.1 Å². The fourth-order valence-corrected chi connectivity index (χ4v) is 4.82. The highest BCUT2D eigenvalue weighted by Crippen LogP contribution is 2.26. The summed E-state index contributed by atoms with van der Waals surface area (Å²) in [6.07, 6.45) is 7.48. The van der Waals surface area contributed by atoms with Crippen LogP contribution in [0.4, 0.5) is 0 Å². The maximum Gasteiger partial charge on any atom is 0.257 e. The number of rotatable bonds is 8. The number of hydrogen-bond donors (Lipinski definition) is 1. The van der Waals surface area contributed by atoms with E-state index in [1.54, 1.807) is 30.2 Å². The predicted molar refractivity (Wildman–Crippen MR) is 124 cm³/mol. The van der Waals surface area contributed by atoms with Crippen LogP contribution in [-0.2, 0) is 4.79 Å². The molecule has 172 valence electrons. The Hall–Kier alpha value is -1.79. The van der Waals surface area contributed by atoms with Crippen LogP contribution in [0.25, 0.3) is 0 Å². The number of hydrogen-bond acceptors (Lipinski definition) is 4. The Morgan fingerprint density at radius 1 is 1.13 bits per heavy atom. The minimum Gasteiger partial charge on any atom is -0.496 e. The molecule has 1 aromatic carbocycles. The lowest BCUT2D eigenvalue weighted by molar-refractivity contribution is -0.126. The Labute approximate surface area is 191 Å². The first-order valence-corrected chi connectivity index (χ1v) is 12.0. The fraction of sp³-hybridized carbons (Fsp3) is 0.667. The molecule has 2 heterocycles. The van der Waals surface area contributed by atoms with Crippen molar-refractivity contribution in [3.63, 3.8) is 0 Å². The van der Waals surface area contributed by atoms with Gasteiger partial charge in [0.2, 0.25) is 5.91 Å². The number of nitrogens with zero attached hydrogens (tertiary/aromatic N) is 2. The molecule has 2 amide bonds. The zero-order chi connectivity index (χ0) is 22.2. The molecule has 1 N–H and O–H groups in total. The Kier molecular flexibility index (Phi) is 9.02. The molecule has 0 bridgehead atoms. The normalized spacial score (nSPS) is 20.5. The van der Waals surface area contributed by atoms with Crippen molar-refractivity contribution in [1.29, 1.82) is 0 Å². The highest BCUT2D eigenvalue weighted by atomic mass is 35.5. The lowest BCUT2D eigenvalue weighted by Gasteiger charge is -2.33. The number of amides is 2. The van der Waals surface area contributed by atoms with Crippen molar-refractivity contribution in [3.8, 4) is 5.75 Å². The molecule has 0 aliphatic carbocycles. The van der Waals surface area contributed by atoms with Gasteiger partial charge in [0.25, 0.3) is 5.91 Å². The van der Waals surface area contributed by atoms with Crippen molar-refractivity contribution in [2.24, 2.45) is 5.92 Å². The molecular weight excluding hydrogens is 414 g/mol. The molecule has 31 heavy (non-hydrogen) atoms. The summed E-state index contributed by atoms with van der Waals surface area (Å²) >= 11 is 6.06. The lowest BCUT2D eigenvalue weighted by atomic mass is 9.95. The van der Waals surface area contributed by atoms with E-state index in [0.29, 0.717) is 48.3 Å². The summed E-state index contributed by atoms with van der Waals surface area (Å²) in [6.45, 7) is 6.54. The average molecular weight is 450 g/mol. The second kappa shape index (κ2) is 11.7. The Morgan fingerprint density at radius 3 is 2.61 bits per heavy atom. The number of unbranched alkanes of at least 4 members (excludes halogenated alkanes) is 1. The largest absolute Gasteiger partial charge is 0.496 e. The number of carbonyl (C=O) groups is 2. The average Bonchev–Trinajstić information content (AvgIpc) is 2.79. The van der Waals surface area contributed by atoms with Gasteiger partial charge in [0.1, 0.15) is 5.75 Å². The molecule has 1 atom stereocenters. The zero-order valence-electron chi connectivity index (χ0n) is 18.9. The molecule has 7 heteroatoms. The van der Waals surface area contributed by atoms with Crippen LogP contribution in [0.3, 0.4) is 0 Å². The molecule has 1 aromatic rings. The van der Waals surface area contributed by atoms with E-state index in [9.17, 15) is 9.59 Å². The summed E-state index contributed by atoms with van der Waals surface area (Å²) < 4.78 is 5.31. The van der Waals surface area contributed by atoms with Gasteiger partial charge in [0.05, 0.1) is 12.7 Å². The van der Waals surface area contributed by atoms with Gasteiger partial charge in [-0.3, -0.25) is 9.59 Å². The van der Waals surface area contributed by atoms with Gasteiger partial charge < -0.3 is 19.9 Å². The van der Waals surface area contributed by atoms with E-state index in [2.05, 4.69) is 17.1 Å². The van der Waals surface area contributed by atoms with Gasteiger partial charge in [-0.15, -0.1) is 0 Å². The Bertz CT molecular complexity index is 750. The summed E-state index contributed by atoms with van der Waals surface area (Å²) in [5.74, 6) is 0.532. The van der Waals surface area contributed by atoms with Crippen LogP contribution >= 0.6 is 11.6 Å². The summed E-state index contributed by atoms with van der Waals surface area (Å²) in [5, 5.41) is 3.61. The third-order valence-electron chi connectivity index (χ3n) is 6.66. The van der Waals surface area contributed by atoms with E-state index < -0.39 is 0 Å². The van der Waals surface area contributed by atoms with Gasteiger partial charge in [-0.05, 0) is 76.7 Å². The second-order valence-electron chi connectivity index (χ2n) is 8.79. The molecule has 2 aliphatic rings. The van der Waals surface area contributed by atoms with E-state index >= 15 is 0 Å². The maximum absolute atomic E-state index is 12.9. The van der Waals surface area contributed by atoms with E-state index in [1.165, 1.54) is 25.8 Å². The van der Waals surface area contributed by atoms with Gasteiger partial charge in [-0.25, -0.2) is 0 Å². The van der Waals surface area contributed by atoms with Crippen molar-refractivity contribution in [2.45, 2.75) is 57.9 Å². The van der Waals surface area contributed by atoms with E-state index in [1.807, 2.05) is 0 Å². The lowest BCUT2D eigenvalue weighted by Crippen LogP contribution is -2.43. The van der Waals surface area contributed by atoms with E-state index in [4.69, 9.17) is 16.3 Å². The van der Waals surface area contributed by atoms with Crippen molar-refractivity contribution >= 4 is 23.4 Å². The molecule has 6 nitrogen and oxygen atoms in total. The molecule has 0 spiro atoms. The number of nitrogens with one attached hydrogen (secondary N) is 1. The van der Waals surface area contributed by atoms with Gasteiger partial charge in [0, 0.05) is 36.6 Å². The van der Waals surface area contributed by atoms with Crippen LogP contribution in [0.5, 0.6) is 5.75 Å². The molecule has 1 unspecified atom stereocenters. The van der Waals surface area contributed by atoms with Crippen LogP contribution in [-0.4, -0.2) is 67.5 Å². The molecule has 3 rings (SSSR count). The predicted octanol–water partition coefficient (Wildman–Crippen LogP) is 3.97. The topological polar surface area (TPSA) is 61.9 Å². The number of methoxy groups -OCH3 is 1. The molecule has 0 saturated carbocycles. The fourth-order valence-electron chi connectivity index (χ4n) is 4.65. The van der Waals surface area contributed by atoms with Crippen molar-refractivity contribution < 1.29 is 14.3 Å². The van der Waals surface area contributed by atoms with Crippen LogP contribution in [0.1, 0.15) is 62.2 Å². The minimum absolute atomic E-state index is 0.0209. The number of halogens is 1. The number of piperidine rings is 2. The number of carbonyl (C=O) groups excluding carboxylic acids is 2. The number of benzene rings is 1. The summed E-state index contributed by atoms with van der Waals surface area (Å²) in [6, 6.07) is 5.76.